The van der Waals surface area contributed by atoms with E-state index in [1.54, 1.807) is 35.0 Å². The molecule has 9 heteroatoms. The van der Waals surface area contributed by atoms with E-state index in [0.29, 0.717) is 27.4 Å². The number of aromatic nitrogens is 2. The zero-order valence-corrected chi connectivity index (χ0v) is 19.3. The molecule has 0 radical (unpaired) electrons. The van der Waals surface area contributed by atoms with Crippen molar-refractivity contribution in [3.8, 4) is 11.4 Å². The number of hydrogen-bond donors (Lipinski definition) is 0. The van der Waals surface area contributed by atoms with E-state index in [1.807, 2.05) is 18.0 Å². The van der Waals surface area contributed by atoms with Crippen LogP contribution in [0.15, 0.2) is 72.0 Å². The molecule has 0 aliphatic rings. The van der Waals surface area contributed by atoms with Gasteiger partial charge in [-0.2, -0.15) is 0 Å². The molecule has 4 rings (SSSR count). The minimum absolute atomic E-state index is 0.0338. The van der Waals surface area contributed by atoms with Gasteiger partial charge in [-0.05, 0) is 48.5 Å². The Balaban J connectivity index is 1.75. The van der Waals surface area contributed by atoms with Crippen molar-refractivity contribution in [3.05, 3.63) is 94.9 Å². The Morgan fingerprint density at radius 3 is 2.39 bits per heavy atom. The van der Waals surface area contributed by atoms with Gasteiger partial charge in [0, 0.05) is 35.8 Å². The van der Waals surface area contributed by atoms with Crippen LogP contribution in [-0.4, -0.2) is 23.7 Å². The molecule has 0 fully saturated rings. The van der Waals surface area contributed by atoms with Gasteiger partial charge < -0.3 is 9.64 Å². The average molecular weight is 490 g/mol. The number of anilines is 2. The molecule has 1 aromatic heterocycles. The third kappa shape index (κ3) is 4.82. The van der Waals surface area contributed by atoms with E-state index < -0.39 is 11.6 Å². The van der Waals surface area contributed by atoms with Gasteiger partial charge in [-0.25, -0.2) is 18.2 Å². The van der Waals surface area contributed by atoms with Crippen LogP contribution in [0.5, 0.6) is 5.75 Å². The first-order valence-electron chi connectivity index (χ1n) is 9.85. The molecule has 170 valence electrons. The summed E-state index contributed by atoms with van der Waals surface area (Å²) in [6.45, 7) is 0. The Labute approximate surface area is 198 Å². The Kier molecular flexibility index (Phi) is 6.85. The van der Waals surface area contributed by atoms with Crippen molar-refractivity contribution < 1.29 is 17.9 Å². The molecule has 0 spiro atoms. The van der Waals surface area contributed by atoms with Gasteiger partial charge in [0.1, 0.15) is 29.0 Å². The summed E-state index contributed by atoms with van der Waals surface area (Å²) in [6.07, 6.45) is 1.64. The first-order chi connectivity index (χ1) is 15.9. The highest BCUT2D eigenvalue weighted by atomic mass is 35.5. The smallest absolute Gasteiger partial charge is 0.174 e. The normalized spacial score (nSPS) is 11.0. The molecule has 0 amide bonds. The molecule has 1 heterocycles. The van der Waals surface area contributed by atoms with Crippen LogP contribution in [0, 0.1) is 17.5 Å². The van der Waals surface area contributed by atoms with Crippen LogP contribution in [0.1, 0.15) is 5.56 Å². The highest BCUT2D eigenvalue weighted by molar-refractivity contribution is 7.98. The Morgan fingerprint density at radius 2 is 1.73 bits per heavy atom. The summed E-state index contributed by atoms with van der Waals surface area (Å²) >= 11 is 7.33. The number of nitrogens with zero attached hydrogens (tertiary/aromatic N) is 3. The Bertz CT molecular complexity index is 1260. The van der Waals surface area contributed by atoms with E-state index in [0.717, 1.165) is 5.69 Å². The fraction of sp³-hybridized carbons (Fsp3) is 0.125. The lowest BCUT2D eigenvalue weighted by Crippen LogP contribution is -2.14. The minimum Gasteiger partial charge on any atom is -0.495 e. The maximum atomic E-state index is 14.1. The zero-order chi connectivity index (χ0) is 23.5. The maximum Gasteiger partial charge on any atom is 0.174 e. The van der Waals surface area contributed by atoms with Gasteiger partial charge in [0.25, 0.3) is 0 Å². The summed E-state index contributed by atoms with van der Waals surface area (Å²) in [5, 5.41) is 0.969. The fourth-order valence-electron chi connectivity index (χ4n) is 3.29. The number of thioether (sulfide) groups is 1. The van der Waals surface area contributed by atoms with Gasteiger partial charge in [0.15, 0.2) is 5.16 Å². The molecular weight excluding hydrogens is 471 g/mol. The van der Waals surface area contributed by atoms with Gasteiger partial charge in [-0.3, -0.25) is 4.57 Å². The van der Waals surface area contributed by atoms with Crippen molar-refractivity contribution >= 4 is 34.9 Å². The molecule has 3 aromatic carbocycles. The SMILES string of the molecule is COc1cc(N(C)c2cnc(SCc3c(F)cccc3F)n2-c2ccc(F)cc2)ccc1Cl. The molecule has 0 aliphatic heterocycles. The monoisotopic (exact) mass is 489 g/mol. The van der Waals surface area contributed by atoms with E-state index in [1.165, 1.54) is 49.2 Å². The summed E-state index contributed by atoms with van der Waals surface area (Å²) in [7, 11) is 3.37. The molecule has 33 heavy (non-hydrogen) atoms. The van der Waals surface area contributed by atoms with Crippen LogP contribution in [0.3, 0.4) is 0 Å². The van der Waals surface area contributed by atoms with E-state index in [9.17, 15) is 13.2 Å². The summed E-state index contributed by atoms with van der Waals surface area (Å²) < 4.78 is 48.9. The number of imidazole rings is 1. The van der Waals surface area contributed by atoms with E-state index in [2.05, 4.69) is 4.98 Å². The predicted octanol–water partition coefficient (Wildman–Crippen LogP) is 7.01. The maximum absolute atomic E-state index is 14.1. The average Bonchev–Trinajstić information content (AvgIpc) is 3.23. The number of benzene rings is 3. The second-order valence-corrected chi connectivity index (χ2v) is 8.43. The standard InChI is InChI=1S/C24H19ClF3N3OS/c1-30(17-10-11-19(25)22(12-17)32-2)23-13-29-24(31(23)16-8-6-15(26)7-9-16)33-14-18-20(27)4-3-5-21(18)28/h3-13H,14H2,1-2H3. The van der Waals surface area contributed by atoms with Crippen molar-refractivity contribution in [2.75, 3.05) is 19.1 Å². The second kappa shape index (κ2) is 9.80. The van der Waals surface area contributed by atoms with Crippen molar-refractivity contribution in [1.29, 1.82) is 0 Å². The molecule has 0 saturated heterocycles. The summed E-state index contributed by atoms with van der Waals surface area (Å²) in [5.41, 5.74) is 1.39. The highest BCUT2D eigenvalue weighted by Gasteiger charge is 2.19. The molecule has 0 aliphatic carbocycles. The van der Waals surface area contributed by atoms with Crippen LogP contribution in [0.25, 0.3) is 5.69 Å². The zero-order valence-electron chi connectivity index (χ0n) is 17.7. The Morgan fingerprint density at radius 1 is 1.03 bits per heavy atom. The van der Waals surface area contributed by atoms with Crippen LogP contribution >= 0.6 is 23.4 Å². The van der Waals surface area contributed by atoms with Crippen molar-refractivity contribution in [2.24, 2.45) is 0 Å². The summed E-state index contributed by atoms with van der Waals surface area (Å²) in [6, 6.07) is 15.0. The highest BCUT2D eigenvalue weighted by Crippen LogP contribution is 2.36. The number of rotatable bonds is 7. The van der Waals surface area contributed by atoms with Gasteiger partial charge in [-0.15, -0.1) is 0 Å². The summed E-state index contributed by atoms with van der Waals surface area (Å²) in [5.74, 6) is -0.407. The van der Waals surface area contributed by atoms with Gasteiger partial charge in [0.05, 0.1) is 18.3 Å². The number of ether oxygens (including phenoxy) is 1. The Hall–Kier alpha value is -3.10. The van der Waals surface area contributed by atoms with Crippen LogP contribution in [0.2, 0.25) is 5.02 Å². The fourth-order valence-corrected chi connectivity index (χ4v) is 4.49. The third-order valence-corrected chi connectivity index (χ3v) is 6.36. The van der Waals surface area contributed by atoms with Crippen LogP contribution < -0.4 is 9.64 Å². The molecule has 0 saturated carbocycles. The number of hydrogen-bond acceptors (Lipinski definition) is 4. The first-order valence-corrected chi connectivity index (χ1v) is 11.2. The lowest BCUT2D eigenvalue weighted by atomic mass is 10.2. The van der Waals surface area contributed by atoms with E-state index >= 15 is 0 Å². The minimum atomic E-state index is -0.618. The van der Waals surface area contributed by atoms with E-state index in [4.69, 9.17) is 16.3 Å². The van der Waals surface area contributed by atoms with Gasteiger partial charge in [0.2, 0.25) is 0 Å². The van der Waals surface area contributed by atoms with Crippen molar-refractivity contribution in [2.45, 2.75) is 10.9 Å². The first kappa shape index (κ1) is 23.1. The second-order valence-electron chi connectivity index (χ2n) is 7.08. The molecule has 4 nitrogen and oxygen atoms in total. The van der Waals surface area contributed by atoms with Crippen molar-refractivity contribution in [3.63, 3.8) is 0 Å². The lowest BCUT2D eigenvalue weighted by molar-refractivity contribution is 0.415. The molecule has 0 atom stereocenters. The third-order valence-electron chi connectivity index (χ3n) is 5.07. The summed E-state index contributed by atoms with van der Waals surface area (Å²) in [4.78, 5) is 6.35. The van der Waals surface area contributed by atoms with Crippen LogP contribution in [0.4, 0.5) is 24.7 Å². The van der Waals surface area contributed by atoms with Gasteiger partial charge >= 0.3 is 0 Å². The lowest BCUT2D eigenvalue weighted by Gasteiger charge is -2.22. The van der Waals surface area contributed by atoms with Crippen LogP contribution in [-0.2, 0) is 5.75 Å². The number of halogens is 4. The molecule has 0 bridgehead atoms. The quantitative estimate of drug-likeness (QED) is 0.261. The molecule has 0 unspecified atom stereocenters. The topological polar surface area (TPSA) is 30.3 Å². The predicted molar refractivity (Wildman–Crippen MR) is 126 cm³/mol. The van der Waals surface area contributed by atoms with E-state index in [-0.39, 0.29) is 17.1 Å². The number of methoxy groups -OCH3 is 1. The molecular formula is C24H19ClF3N3OS. The molecule has 4 aromatic rings. The largest absolute Gasteiger partial charge is 0.495 e. The van der Waals surface area contributed by atoms with Gasteiger partial charge in [-0.1, -0.05) is 29.4 Å². The van der Waals surface area contributed by atoms with Crippen molar-refractivity contribution in [1.82, 2.24) is 9.55 Å². The molecule has 0 N–H and O–H groups in total.